The molecule has 2 aromatic rings. The number of anilines is 1. The molecular weight excluding hydrogens is 214 g/mol. The van der Waals surface area contributed by atoms with Crippen molar-refractivity contribution in [2.24, 2.45) is 0 Å². The standard InChI is InChI=1S/C11H8F2N2O/c12-7-4-6(9(14)5-8(7)13)11(16)10-2-1-3-15-10/h1-5,15H,14H2. The van der Waals surface area contributed by atoms with Crippen molar-refractivity contribution in [2.45, 2.75) is 0 Å². The molecule has 1 aromatic heterocycles. The number of rotatable bonds is 2. The molecule has 5 heteroatoms. The van der Waals surface area contributed by atoms with Crippen molar-refractivity contribution >= 4 is 11.5 Å². The third kappa shape index (κ3) is 1.67. The summed E-state index contributed by atoms with van der Waals surface area (Å²) in [6, 6.07) is 4.76. The topological polar surface area (TPSA) is 58.9 Å². The van der Waals surface area contributed by atoms with Crippen LogP contribution < -0.4 is 5.73 Å². The molecule has 3 N–H and O–H groups in total. The van der Waals surface area contributed by atoms with Crippen LogP contribution in [-0.4, -0.2) is 10.8 Å². The fourth-order valence-electron chi connectivity index (χ4n) is 1.38. The molecule has 0 radical (unpaired) electrons. The SMILES string of the molecule is Nc1cc(F)c(F)cc1C(=O)c1ccc[nH]1. The lowest BCUT2D eigenvalue weighted by atomic mass is 10.1. The third-order valence-electron chi connectivity index (χ3n) is 2.18. The highest BCUT2D eigenvalue weighted by atomic mass is 19.2. The number of ketones is 1. The van der Waals surface area contributed by atoms with Gasteiger partial charge in [-0.3, -0.25) is 4.79 Å². The Labute approximate surface area is 89.9 Å². The second-order valence-corrected chi connectivity index (χ2v) is 3.27. The minimum atomic E-state index is -1.09. The number of nitrogen functional groups attached to an aromatic ring is 1. The van der Waals surface area contributed by atoms with Gasteiger partial charge in [0, 0.05) is 18.0 Å². The molecule has 3 nitrogen and oxygen atoms in total. The highest BCUT2D eigenvalue weighted by Gasteiger charge is 2.16. The third-order valence-corrected chi connectivity index (χ3v) is 2.18. The summed E-state index contributed by atoms with van der Waals surface area (Å²) in [6.45, 7) is 0. The van der Waals surface area contributed by atoms with Crippen LogP contribution in [-0.2, 0) is 0 Å². The first kappa shape index (κ1) is 10.4. The van der Waals surface area contributed by atoms with E-state index >= 15 is 0 Å². The lowest BCUT2D eigenvalue weighted by Gasteiger charge is -2.04. The number of carbonyl (C=O) groups is 1. The van der Waals surface area contributed by atoms with Gasteiger partial charge in [0.05, 0.1) is 11.3 Å². The summed E-state index contributed by atoms with van der Waals surface area (Å²) >= 11 is 0. The van der Waals surface area contributed by atoms with Crippen molar-refractivity contribution in [1.82, 2.24) is 4.98 Å². The summed E-state index contributed by atoms with van der Waals surface area (Å²) < 4.78 is 25.8. The molecule has 1 aromatic carbocycles. The van der Waals surface area contributed by atoms with Gasteiger partial charge in [0.15, 0.2) is 11.6 Å². The number of hydrogen-bond donors (Lipinski definition) is 2. The summed E-state index contributed by atoms with van der Waals surface area (Å²) in [5.41, 5.74) is 5.59. The second kappa shape index (κ2) is 3.77. The number of aromatic nitrogens is 1. The van der Waals surface area contributed by atoms with Gasteiger partial charge in [0.2, 0.25) is 5.78 Å². The number of benzene rings is 1. The lowest BCUT2D eigenvalue weighted by Crippen LogP contribution is -2.07. The average Bonchev–Trinajstić information content (AvgIpc) is 2.75. The van der Waals surface area contributed by atoms with Crippen molar-refractivity contribution in [3.63, 3.8) is 0 Å². The van der Waals surface area contributed by atoms with Gasteiger partial charge in [0.1, 0.15) is 0 Å². The van der Waals surface area contributed by atoms with Crippen LogP contribution in [0.15, 0.2) is 30.5 Å². The molecule has 0 bridgehead atoms. The summed E-state index contributed by atoms with van der Waals surface area (Å²) in [6.07, 6.45) is 1.56. The van der Waals surface area contributed by atoms with Gasteiger partial charge in [-0.15, -0.1) is 0 Å². The van der Waals surface area contributed by atoms with E-state index in [1.54, 1.807) is 12.3 Å². The van der Waals surface area contributed by atoms with Gasteiger partial charge in [-0.25, -0.2) is 8.78 Å². The van der Waals surface area contributed by atoms with Crippen molar-refractivity contribution < 1.29 is 13.6 Å². The molecule has 0 amide bonds. The molecule has 0 unspecified atom stereocenters. The molecule has 0 fully saturated rings. The highest BCUT2D eigenvalue weighted by molar-refractivity contribution is 6.10. The molecule has 0 aliphatic heterocycles. The Morgan fingerprint density at radius 2 is 1.94 bits per heavy atom. The first-order valence-electron chi connectivity index (χ1n) is 4.52. The number of carbonyl (C=O) groups excluding carboxylic acids is 1. The second-order valence-electron chi connectivity index (χ2n) is 3.27. The number of aromatic amines is 1. The zero-order chi connectivity index (χ0) is 11.7. The number of hydrogen-bond acceptors (Lipinski definition) is 2. The predicted molar refractivity (Wildman–Crippen MR) is 55.0 cm³/mol. The number of nitrogens with one attached hydrogen (secondary N) is 1. The van der Waals surface area contributed by atoms with E-state index in [0.29, 0.717) is 0 Å². The molecule has 1 heterocycles. The van der Waals surface area contributed by atoms with E-state index in [2.05, 4.69) is 4.98 Å². The summed E-state index contributed by atoms with van der Waals surface area (Å²) in [7, 11) is 0. The number of halogens is 2. The maximum atomic E-state index is 13.0. The van der Waals surface area contributed by atoms with E-state index in [4.69, 9.17) is 5.73 Å². The van der Waals surface area contributed by atoms with E-state index in [0.717, 1.165) is 12.1 Å². The van der Waals surface area contributed by atoms with Crippen LogP contribution in [0.2, 0.25) is 0 Å². The molecule has 16 heavy (non-hydrogen) atoms. The van der Waals surface area contributed by atoms with Crippen LogP contribution in [0, 0.1) is 11.6 Å². The summed E-state index contributed by atoms with van der Waals surface area (Å²) in [5.74, 6) is -2.63. The average molecular weight is 222 g/mol. The Hall–Kier alpha value is -2.17. The molecule has 0 saturated heterocycles. The normalized spacial score (nSPS) is 10.4. The smallest absolute Gasteiger partial charge is 0.211 e. The van der Waals surface area contributed by atoms with Crippen LogP contribution in [0.25, 0.3) is 0 Å². The van der Waals surface area contributed by atoms with E-state index in [1.165, 1.54) is 6.07 Å². The molecule has 82 valence electrons. The molecule has 0 saturated carbocycles. The Kier molecular flexibility index (Phi) is 2.44. The van der Waals surface area contributed by atoms with Crippen LogP contribution in [0.1, 0.15) is 16.1 Å². The molecule has 0 atom stereocenters. The zero-order valence-corrected chi connectivity index (χ0v) is 8.13. The first-order valence-corrected chi connectivity index (χ1v) is 4.52. The van der Waals surface area contributed by atoms with Gasteiger partial charge in [-0.2, -0.15) is 0 Å². The van der Waals surface area contributed by atoms with Gasteiger partial charge >= 0.3 is 0 Å². The fraction of sp³-hybridized carbons (Fsp3) is 0. The Morgan fingerprint density at radius 1 is 1.25 bits per heavy atom. The quantitative estimate of drug-likeness (QED) is 0.603. The van der Waals surface area contributed by atoms with E-state index in [1.807, 2.05) is 0 Å². The number of H-pyrrole nitrogens is 1. The van der Waals surface area contributed by atoms with Crippen molar-refractivity contribution in [3.05, 3.63) is 53.4 Å². The Bertz CT molecular complexity index is 535. The maximum absolute atomic E-state index is 13.0. The van der Waals surface area contributed by atoms with E-state index < -0.39 is 17.4 Å². The minimum Gasteiger partial charge on any atom is -0.398 e. The van der Waals surface area contributed by atoms with E-state index in [-0.39, 0.29) is 16.9 Å². The first-order chi connectivity index (χ1) is 7.59. The maximum Gasteiger partial charge on any atom is 0.211 e. The largest absolute Gasteiger partial charge is 0.398 e. The number of nitrogens with two attached hydrogens (primary N) is 1. The monoisotopic (exact) mass is 222 g/mol. The van der Waals surface area contributed by atoms with Crippen LogP contribution in [0.3, 0.4) is 0 Å². The van der Waals surface area contributed by atoms with Gasteiger partial charge < -0.3 is 10.7 Å². The molecule has 0 aliphatic rings. The highest BCUT2D eigenvalue weighted by Crippen LogP contribution is 2.19. The van der Waals surface area contributed by atoms with Gasteiger partial charge in [-0.1, -0.05) is 0 Å². The Balaban J connectivity index is 2.49. The van der Waals surface area contributed by atoms with Crippen molar-refractivity contribution in [1.29, 1.82) is 0 Å². The zero-order valence-electron chi connectivity index (χ0n) is 8.13. The molecular formula is C11H8F2N2O. The minimum absolute atomic E-state index is 0.0543. The molecule has 0 spiro atoms. The summed E-state index contributed by atoms with van der Waals surface area (Å²) in [5, 5.41) is 0. The van der Waals surface area contributed by atoms with Gasteiger partial charge in [-0.05, 0) is 18.2 Å². The molecule has 2 rings (SSSR count). The fourth-order valence-corrected chi connectivity index (χ4v) is 1.38. The Morgan fingerprint density at radius 3 is 2.56 bits per heavy atom. The van der Waals surface area contributed by atoms with Gasteiger partial charge in [0.25, 0.3) is 0 Å². The van der Waals surface area contributed by atoms with Crippen LogP contribution in [0.4, 0.5) is 14.5 Å². The lowest BCUT2D eigenvalue weighted by molar-refractivity contribution is 0.103. The van der Waals surface area contributed by atoms with Crippen molar-refractivity contribution in [2.75, 3.05) is 5.73 Å². The summed E-state index contributed by atoms with van der Waals surface area (Å²) in [4.78, 5) is 14.5. The van der Waals surface area contributed by atoms with Crippen LogP contribution in [0.5, 0.6) is 0 Å². The van der Waals surface area contributed by atoms with Crippen molar-refractivity contribution in [3.8, 4) is 0 Å². The van der Waals surface area contributed by atoms with Crippen LogP contribution >= 0.6 is 0 Å². The van der Waals surface area contributed by atoms with E-state index in [9.17, 15) is 13.6 Å². The predicted octanol–water partition coefficient (Wildman–Crippen LogP) is 2.11. The molecule has 0 aliphatic carbocycles.